The first kappa shape index (κ1) is 16.7. The predicted molar refractivity (Wildman–Crippen MR) is 77.2 cm³/mol. The van der Waals surface area contributed by atoms with Crippen LogP contribution in [0.3, 0.4) is 0 Å². The summed E-state index contributed by atoms with van der Waals surface area (Å²) in [6.45, 7) is 3.90. The minimum atomic E-state index is -0.933. The summed E-state index contributed by atoms with van der Waals surface area (Å²) in [5, 5.41) is 12.0. The SMILES string of the molecule is CC(C)CC(CNC(=O)c1cc(Cl)ncc1Cl)C(=O)O. The fraction of sp³-hybridized carbons (Fsp3) is 0.462. The second kappa shape index (κ2) is 7.45. The van der Waals surface area contributed by atoms with Gasteiger partial charge in [-0.05, 0) is 18.4 Å². The molecule has 0 saturated heterocycles. The zero-order valence-corrected chi connectivity index (χ0v) is 12.7. The quantitative estimate of drug-likeness (QED) is 0.790. The topological polar surface area (TPSA) is 79.3 Å². The molecule has 5 nitrogen and oxygen atoms in total. The number of carbonyl (C=O) groups is 2. The molecule has 1 aromatic rings. The molecule has 110 valence electrons. The number of hydrogen-bond donors (Lipinski definition) is 2. The van der Waals surface area contributed by atoms with Crippen LogP contribution in [0.1, 0.15) is 30.6 Å². The van der Waals surface area contributed by atoms with Crippen LogP contribution in [0.25, 0.3) is 0 Å². The van der Waals surface area contributed by atoms with E-state index in [-0.39, 0.29) is 28.2 Å². The van der Waals surface area contributed by atoms with Crippen LogP contribution in [0, 0.1) is 11.8 Å². The zero-order chi connectivity index (χ0) is 15.3. The van der Waals surface area contributed by atoms with E-state index in [0.717, 1.165) is 0 Å². The number of nitrogens with zero attached hydrogens (tertiary/aromatic N) is 1. The van der Waals surface area contributed by atoms with Crippen molar-refractivity contribution in [2.75, 3.05) is 6.54 Å². The van der Waals surface area contributed by atoms with Crippen molar-refractivity contribution in [2.45, 2.75) is 20.3 Å². The van der Waals surface area contributed by atoms with Crippen molar-refractivity contribution in [1.29, 1.82) is 0 Å². The number of rotatable bonds is 6. The van der Waals surface area contributed by atoms with Gasteiger partial charge in [0, 0.05) is 12.7 Å². The largest absolute Gasteiger partial charge is 0.481 e. The average Bonchev–Trinajstić information content (AvgIpc) is 2.36. The van der Waals surface area contributed by atoms with Crippen LogP contribution >= 0.6 is 23.2 Å². The molecule has 0 aliphatic rings. The Balaban J connectivity index is 2.70. The van der Waals surface area contributed by atoms with E-state index in [1.54, 1.807) is 0 Å². The Hall–Kier alpha value is -1.33. The van der Waals surface area contributed by atoms with Gasteiger partial charge in [0.1, 0.15) is 5.15 Å². The minimum Gasteiger partial charge on any atom is -0.481 e. The minimum absolute atomic E-state index is 0.0443. The van der Waals surface area contributed by atoms with Crippen LogP contribution in [0.15, 0.2) is 12.3 Å². The number of aromatic nitrogens is 1. The molecular weight excluding hydrogens is 303 g/mol. The Labute approximate surface area is 127 Å². The Kier molecular flexibility index (Phi) is 6.23. The van der Waals surface area contributed by atoms with Crippen molar-refractivity contribution in [3.63, 3.8) is 0 Å². The fourth-order valence-electron chi connectivity index (χ4n) is 1.74. The highest BCUT2D eigenvalue weighted by atomic mass is 35.5. The van der Waals surface area contributed by atoms with Crippen LogP contribution in [-0.2, 0) is 4.79 Å². The summed E-state index contributed by atoms with van der Waals surface area (Å²) in [4.78, 5) is 26.8. The van der Waals surface area contributed by atoms with Crippen LogP contribution in [0.5, 0.6) is 0 Å². The molecule has 7 heteroatoms. The van der Waals surface area contributed by atoms with Gasteiger partial charge in [0.15, 0.2) is 0 Å². The number of carboxylic acid groups (broad SMARTS) is 1. The number of carbonyl (C=O) groups excluding carboxylic acids is 1. The van der Waals surface area contributed by atoms with Crippen LogP contribution in [0.4, 0.5) is 0 Å². The summed E-state index contributed by atoms with van der Waals surface area (Å²) in [6, 6.07) is 1.34. The van der Waals surface area contributed by atoms with Gasteiger partial charge in [-0.2, -0.15) is 0 Å². The van der Waals surface area contributed by atoms with Crippen molar-refractivity contribution in [2.24, 2.45) is 11.8 Å². The molecule has 0 aliphatic heterocycles. The van der Waals surface area contributed by atoms with E-state index in [2.05, 4.69) is 10.3 Å². The molecule has 0 saturated carbocycles. The van der Waals surface area contributed by atoms with Crippen molar-refractivity contribution in [3.8, 4) is 0 Å². The maximum Gasteiger partial charge on any atom is 0.308 e. The Bertz CT molecular complexity index is 506. The lowest BCUT2D eigenvalue weighted by Crippen LogP contribution is -2.33. The Morgan fingerprint density at radius 1 is 1.40 bits per heavy atom. The highest BCUT2D eigenvalue weighted by Crippen LogP contribution is 2.18. The second-order valence-corrected chi connectivity index (χ2v) is 5.66. The summed E-state index contributed by atoms with van der Waals surface area (Å²) in [5.74, 6) is -1.80. The number of amides is 1. The molecule has 0 fully saturated rings. The highest BCUT2D eigenvalue weighted by Gasteiger charge is 2.20. The van der Waals surface area contributed by atoms with E-state index in [1.807, 2.05) is 13.8 Å². The first-order valence-electron chi connectivity index (χ1n) is 6.13. The highest BCUT2D eigenvalue weighted by molar-refractivity contribution is 6.35. The molecule has 1 aromatic heterocycles. The maximum atomic E-state index is 12.0. The van der Waals surface area contributed by atoms with E-state index < -0.39 is 17.8 Å². The lowest BCUT2D eigenvalue weighted by atomic mass is 9.97. The number of hydrogen-bond acceptors (Lipinski definition) is 3. The lowest BCUT2D eigenvalue weighted by Gasteiger charge is -2.15. The molecule has 1 amide bonds. The summed E-state index contributed by atoms with van der Waals surface area (Å²) in [6.07, 6.45) is 1.77. The molecule has 0 spiro atoms. The number of halogens is 2. The smallest absolute Gasteiger partial charge is 0.308 e. The molecular formula is C13H16Cl2N2O3. The van der Waals surface area contributed by atoms with Crippen molar-refractivity contribution >= 4 is 35.1 Å². The first-order valence-corrected chi connectivity index (χ1v) is 6.89. The molecule has 0 radical (unpaired) electrons. The zero-order valence-electron chi connectivity index (χ0n) is 11.2. The number of aliphatic carboxylic acids is 1. The third kappa shape index (κ3) is 4.98. The molecule has 0 aromatic carbocycles. The molecule has 0 aliphatic carbocycles. The van der Waals surface area contributed by atoms with Gasteiger partial charge in [0.25, 0.3) is 5.91 Å². The van der Waals surface area contributed by atoms with Gasteiger partial charge in [-0.15, -0.1) is 0 Å². The van der Waals surface area contributed by atoms with Crippen molar-refractivity contribution in [3.05, 3.63) is 28.0 Å². The van der Waals surface area contributed by atoms with Crippen LogP contribution in [-0.4, -0.2) is 28.5 Å². The normalized spacial score (nSPS) is 12.2. The van der Waals surface area contributed by atoms with Crippen LogP contribution in [0.2, 0.25) is 10.2 Å². The van der Waals surface area contributed by atoms with E-state index in [4.69, 9.17) is 28.3 Å². The van der Waals surface area contributed by atoms with Gasteiger partial charge in [-0.3, -0.25) is 9.59 Å². The van der Waals surface area contributed by atoms with Crippen molar-refractivity contribution in [1.82, 2.24) is 10.3 Å². The Morgan fingerprint density at radius 2 is 2.05 bits per heavy atom. The summed E-state index contributed by atoms with van der Waals surface area (Å²) in [7, 11) is 0. The fourth-order valence-corrected chi connectivity index (χ4v) is 2.09. The molecule has 20 heavy (non-hydrogen) atoms. The lowest BCUT2D eigenvalue weighted by molar-refractivity contribution is -0.142. The Morgan fingerprint density at radius 3 is 2.60 bits per heavy atom. The molecule has 1 heterocycles. The van der Waals surface area contributed by atoms with Gasteiger partial charge >= 0.3 is 5.97 Å². The number of nitrogens with one attached hydrogen (secondary N) is 1. The van der Waals surface area contributed by atoms with E-state index in [9.17, 15) is 9.59 Å². The van der Waals surface area contributed by atoms with Gasteiger partial charge in [-0.1, -0.05) is 37.0 Å². The van der Waals surface area contributed by atoms with Gasteiger partial charge in [-0.25, -0.2) is 4.98 Å². The third-order valence-electron chi connectivity index (χ3n) is 2.68. The molecule has 1 atom stereocenters. The third-order valence-corrected chi connectivity index (χ3v) is 3.19. The van der Waals surface area contributed by atoms with Crippen molar-refractivity contribution < 1.29 is 14.7 Å². The van der Waals surface area contributed by atoms with E-state index in [0.29, 0.717) is 6.42 Å². The predicted octanol–water partition coefficient (Wildman–Crippen LogP) is 2.87. The average molecular weight is 319 g/mol. The molecule has 1 rings (SSSR count). The standard InChI is InChI=1S/C13H16Cl2N2O3/c1-7(2)3-8(13(19)20)5-17-12(18)9-4-11(15)16-6-10(9)14/h4,6-8H,3,5H2,1-2H3,(H,17,18)(H,19,20). The summed E-state index contributed by atoms with van der Waals surface area (Å²) in [5.41, 5.74) is 0.181. The maximum absolute atomic E-state index is 12.0. The van der Waals surface area contributed by atoms with Gasteiger partial charge in [0.05, 0.1) is 16.5 Å². The first-order chi connectivity index (χ1) is 9.31. The summed E-state index contributed by atoms with van der Waals surface area (Å²) < 4.78 is 0. The molecule has 0 bridgehead atoms. The molecule has 2 N–H and O–H groups in total. The number of carboxylic acids is 1. The van der Waals surface area contributed by atoms with Crippen LogP contribution < -0.4 is 5.32 Å². The monoisotopic (exact) mass is 318 g/mol. The van der Waals surface area contributed by atoms with Gasteiger partial charge < -0.3 is 10.4 Å². The second-order valence-electron chi connectivity index (χ2n) is 4.86. The summed E-state index contributed by atoms with van der Waals surface area (Å²) >= 11 is 11.6. The van der Waals surface area contributed by atoms with Gasteiger partial charge in [0.2, 0.25) is 0 Å². The van der Waals surface area contributed by atoms with E-state index >= 15 is 0 Å². The van der Waals surface area contributed by atoms with E-state index in [1.165, 1.54) is 12.3 Å². The number of pyridine rings is 1. The molecule has 1 unspecified atom stereocenters.